The maximum atomic E-state index is 13.8. The van der Waals surface area contributed by atoms with E-state index in [1.54, 1.807) is 0 Å². The highest BCUT2D eigenvalue weighted by molar-refractivity contribution is 6.00. The molecule has 10 nitrogen and oxygen atoms in total. The fraction of sp³-hybridized carbons (Fsp3) is 0.520. The van der Waals surface area contributed by atoms with Gasteiger partial charge in [-0.15, -0.1) is 0 Å². The highest BCUT2D eigenvalue weighted by Gasteiger charge is 2.45. The summed E-state index contributed by atoms with van der Waals surface area (Å²) in [4.78, 5) is 36.0. The number of anilines is 1. The van der Waals surface area contributed by atoms with Crippen LogP contribution in [0.15, 0.2) is 18.2 Å². The summed E-state index contributed by atoms with van der Waals surface area (Å²) in [7, 11) is 0. The van der Waals surface area contributed by atoms with Crippen LogP contribution in [0.3, 0.4) is 0 Å². The summed E-state index contributed by atoms with van der Waals surface area (Å²) in [6.45, 7) is 3.37. The second-order valence-electron chi connectivity index (χ2n) is 10.6. The van der Waals surface area contributed by atoms with Crippen LogP contribution in [0.2, 0.25) is 0 Å². The van der Waals surface area contributed by atoms with Gasteiger partial charge in [0.2, 0.25) is 0 Å². The van der Waals surface area contributed by atoms with E-state index in [0.717, 1.165) is 4.68 Å². The summed E-state index contributed by atoms with van der Waals surface area (Å²) in [5.41, 5.74) is 5.87. The maximum absolute atomic E-state index is 13.8. The third kappa shape index (κ3) is 5.83. The standard InChI is InChI=1S/C25H30F3N5O5/c1-24(2)10-18-21(19(34)11-24)22(25(26,27)28)31-33(18)14-5-8-16(23(29)36)17(9-14)30-13-3-6-15(7-4-13)38-12-20(35)32-37/h5,8-9,13,15,30,37H,3-4,6-7,10-12H2,1-2H3,(H2,29,36)(H,32,35). The molecule has 2 amide bonds. The first kappa shape index (κ1) is 27.6. The van der Waals surface area contributed by atoms with Crippen molar-refractivity contribution in [3.05, 3.63) is 40.7 Å². The Hall–Kier alpha value is -3.45. The molecule has 2 aliphatic carbocycles. The molecule has 1 aromatic heterocycles. The summed E-state index contributed by atoms with van der Waals surface area (Å²) in [6.07, 6.45) is -2.29. The largest absolute Gasteiger partial charge is 0.435 e. The molecule has 0 bridgehead atoms. The molecule has 0 aliphatic heterocycles. The van der Waals surface area contributed by atoms with E-state index in [1.807, 2.05) is 13.8 Å². The van der Waals surface area contributed by atoms with Crippen LogP contribution in [-0.4, -0.2) is 51.3 Å². The maximum Gasteiger partial charge on any atom is 0.435 e. The number of hydrogen-bond acceptors (Lipinski definition) is 7. The zero-order chi connectivity index (χ0) is 27.8. The normalized spacial score (nSPS) is 21.1. The zero-order valence-corrected chi connectivity index (χ0v) is 21.0. The van der Waals surface area contributed by atoms with Gasteiger partial charge in [-0.2, -0.15) is 18.3 Å². The van der Waals surface area contributed by atoms with E-state index in [9.17, 15) is 27.6 Å². The van der Waals surface area contributed by atoms with Crippen LogP contribution in [0.5, 0.6) is 0 Å². The number of aromatic nitrogens is 2. The predicted octanol–water partition coefficient (Wildman–Crippen LogP) is 3.39. The number of carbonyl (C=O) groups excluding carboxylic acids is 3. The number of hydroxylamine groups is 1. The molecule has 4 rings (SSSR count). The number of carbonyl (C=O) groups is 3. The zero-order valence-electron chi connectivity index (χ0n) is 21.0. The average Bonchev–Trinajstić information content (AvgIpc) is 3.22. The van der Waals surface area contributed by atoms with Crippen molar-refractivity contribution in [2.24, 2.45) is 11.1 Å². The number of nitrogens with two attached hydrogens (primary N) is 1. The lowest BCUT2D eigenvalue weighted by atomic mass is 9.75. The van der Waals surface area contributed by atoms with Gasteiger partial charge in [-0.25, -0.2) is 10.2 Å². The molecular formula is C25H30F3N5O5. The monoisotopic (exact) mass is 537 g/mol. The molecule has 5 N–H and O–H groups in total. The van der Waals surface area contributed by atoms with Crippen LogP contribution in [0.4, 0.5) is 18.9 Å². The second-order valence-corrected chi connectivity index (χ2v) is 10.6. The Morgan fingerprint density at radius 3 is 2.50 bits per heavy atom. The number of hydrogen-bond donors (Lipinski definition) is 4. The Morgan fingerprint density at radius 2 is 1.89 bits per heavy atom. The van der Waals surface area contributed by atoms with E-state index in [1.165, 1.54) is 23.7 Å². The van der Waals surface area contributed by atoms with Crippen molar-refractivity contribution in [2.45, 2.75) is 70.7 Å². The molecule has 1 aromatic carbocycles. The Bertz CT molecular complexity index is 1250. The molecule has 0 unspecified atom stereocenters. The number of fused-ring (bicyclic) bond motifs is 1. The highest BCUT2D eigenvalue weighted by Crippen LogP contribution is 2.42. The van der Waals surface area contributed by atoms with E-state index in [4.69, 9.17) is 15.7 Å². The molecule has 0 radical (unpaired) electrons. The number of rotatable bonds is 7. The molecule has 2 aliphatic rings. The van der Waals surface area contributed by atoms with Gasteiger partial charge in [0.05, 0.1) is 28.6 Å². The van der Waals surface area contributed by atoms with Crippen LogP contribution in [0.25, 0.3) is 5.69 Å². The molecule has 0 saturated heterocycles. The topological polar surface area (TPSA) is 149 Å². The lowest BCUT2D eigenvalue weighted by molar-refractivity contribution is -0.141. The summed E-state index contributed by atoms with van der Waals surface area (Å²) in [5, 5.41) is 15.7. The van der Waals surface area contributed by atoms with Crippen molar-refractivity contribution < 1.29 is 37.5 Å². The molecular weight excluding hydrogens is 507 g/mol. The SMILES string of the molecule is CC1(C)CC(=O)c2c(C(F)(F)F)nn(-c3ccc(C(N)=O)c(NC4CCC(OCC(=O)NO)CC4)c3)c2C1. The number of nitrogens with zero attached hydrogens (tertiary/aromatic N) is 2. The quantitative estimate of drug-likeness (QED) is 0.313. The molecule has 1 heterocycles. The number of nitrogens with one attached hydrogen (secondary N) is 2. The molecule has 2 aromatic rings. The number of primary amides is 1. The fourth-order valence-electron chi connectivity index (χ4n) is 5.18. The number of benzene rings is 1. The molecule has 0 atom stereocenters. The van der Waals surface area contributed by atoms with Crippen molar-refractivity contribution in [3.63, 3.8) is 0 Å². The number of amides is 2. The second kappa shape index (κ2) is 10.4. The van der Waals surface area contributed by atoms with Gasteiger partial charge in [0.15, 0.2) is 11.5 Å². The minimum Gasteiger partial charge on any atom is -0.382 e. The van der Waals surface area contributed by atoms with Crippen LogP contribution in [-0.2, 0) is 22.1 Å². The van der Waals surface area contributed by atoms with Crippen molar-refractivity contribution >= 4 is 23.3 Å². The Morgan fingerprint density at radius 1 is 1.21 bits per heavy atom. The molecule has 0 spiro atoms. The molecule has 38 heavy (non-hydrogen) atoms. The van der Waals surface area contributed by atoms with Gasteiger partial charge >= 0.3 is 6.18 Å². The first-order valence-electron chi connectivity index (χ1n) is 12.3. The fourth-order valence-corrected chi connectivity index (χ4v) is 5.18. The van der Waals surface area contributed by atoms with E-state index < -0.39 is 40.4 Å². The van der Waals surface area contributed by atoms with Crippen LogP contribution >= 0.6 is 0 Å². The van der Waals surface area contributed by atoms with Crippen molar-refractivity contribution in [3.8, 4) is 5.69 Å². The van der Waals surface area contributed by atoms with Crippen LogP contribution in [0.1, 0.15) is 78.1 Å². The van der Waals surface area contributed by atoms with E-state index in [2.05, 4.69) is 10.4 Å². The molecule has 13 heteroatoms. The minimum atomic E-state index is -4.81. The van der Waals surface area contributed by atoms with Crippen molar-refractivity contribution in [2.75, 3.05) is 11.9 Å². The summed E-state index contributed by atoms with van der Waals surface area (Å²) in [6, 6.07) is 4.32. The third-order valence-electron chi connectivity index (χ3n) is 6.94. The number of ether oxygens (including phenoxy) is 1. The van der Waals surface area contributed by atoms with Gasteiger partial charge in [-0.3, -0.25) is 19.6 Å². The lowest BCUT2D eigenvalue weighted by Gasteiger charge is -2.30. The van der Waals surface area contributed by atoms with Crippen LogP contribution < -0.4 is 16.5 Å². The first-order valence-corrected chi connectivity index (χ1v) is 12.3. The predicted molar refractivity (Wildman–Crippen MR) is 129 cm³/mol. The Labute approximate surface area is 216 Å². The summed E-state index contributed by atoms with van der Waals surface area (Å²) in [5.74, 6) is -1.95. The Kier molecular flexibility index (Phi) is 7.53. The van der Waals surface area contributed by atoms with Gasteiger partial charge in [0.25, 0.3) is 11.8 Å². The molecule has 1 fully saturated rings. The molecule has 206 valence electrons. The van der Waals surface area contributed by atoms with Gasteiger partial charge in [0.1, 0.15) is 6.61 Å². The van der Waals surface area contributed by atoms with E-state index in [-0.39, 0.29) is 48.5 Å². The van der Waals surface area contributed by atoms with Gasteiger partial charge < -0.3 is 15.8 Å². The third-order valence-corrected chi connectivity index (χ3v) is 6.94. The van der Waals surface area contributed by atoms with Crippen molar-refractivity contribution in [1.82, 2.24) is 15.3 Å². The number of ketones is 1. The number of alkyl halides is 3. The van der Waals surface area contributed by atoms with Gasteiger partial charge in [0, 0.05) is 18.2 Å². The van der Waals surface area contributed by atoms with Crippen LogP contribution in [0, 0.1) is 5.41 Å². The van der Waals surface area contributed by atoms with Crippen molar-refractivity contribution in [1.29, 1.82) is 0 Å². The van der Waals surface area contributed by atoms with Gasteiger partial charge in [-0.1, -0.05) is 13.8 Å². The highest BCUT2D eigenvalue weighted by atomic mass is 19.4. The average molecular weight is 538 g/mol. The Balaban J connectivity index is 1.63. The summed E-state index contributed by atoms with van der Waals surface area (Å²) < 4.78 is 48.1. The van der Waals surface area contributed by atoms with Gasteiger partial charge in [-0.05, 0) is 55.7 Å². The number of Topliss-reactive ketones (excluding diaryl/α,β-unsaturated/α-hetero) is 1. The minimum absolute atomic E-state index is 0.0146. The smallest absolute Gasteiger partial charge is 0.382 e. The van der Waals surface area contributed by atoms with E-state index in [0.29, 0.717) is 31.4 Å². The first-order chi connectivity index (χ1) is 17.8. The molecule has 1 saturated carbocycles. The number of halogens is 3. The summed E-state index contributed by atoms with van der Waals surface area (Å²) >= 11 is 0. The van der Waals surface area contributed by atoms with E-state index >= 15 is 0 Å². The lowest BCUT2D eigenvalue weighted by Crippen LogP contribution is -2.33.